The largest absolute Gasteiger partial charge is 0.471 e. The van der Waals surface area contributed by atoms with Crippen LogP contribution in [0.4, 0.5) is 23.7 Å². The third-order valence-electron chi connectivity index (χ3n) is 5.74. The quantitative estimate of drug-likeness (QED) is 0.534. The van der Waals surface area contributed by atoms with E-state index >= 15 is 0 Å². The Labute approximate surface area is 207 Å². The molecular weight excluding hydrogens is 477 g/mol. The van der Waals surface area contributed by atoms with E-state index in [1.165, 1.54) is 13.2 Å². The highest BCUT2D eigenvalue weighted by atomic mass is 19.4. The number of hydrogen-bond acceptors (Lipinski definition) is 5. The van der Waals surface area contributed by atoms with Crippen molar-refractivity contribution in [3.8, 4) is 11.1 Å². The van der Waals surface area contributed by atoms with E-state index in [2.05, 4.69) is 5.32 Å². The molecule has 3 rings (SSSR count). The number of alkyl halides is 3. The minimum Gasteiger partial charge on any atom is -0.465 e. The maximum atomic E-state index is 12.7. The van der Waals surface area contributed by atoms with E-state index in [0.717, 1.165) is 16.0 Å². The van der Waals surface area contributed by atoms with Gasteiger partial charge in [0.2, 0.25) is 0 Å². The number of benzene rings is 2. The molecular formula is C26H29F3N2O5. The van der Waals surface area contributed by atoms with E-state index < -0.39 is 29.7 Å². The van der Waals surface area contributed by atoms with E-state index in [4.69, 9.17) is 9.47 Å². The Hall–Kier alpha value is -3.56. The maximum Gasteiger partial charge on any atom is 0.471 e. The van der Waals surface area contributed by atoms with E-state index in [1.807, 2.05) is 24.3 Å². The molecule has 2 amide bonds. The molecule has 0 spiro atoms. The van der Waals surface area contributed by atoms with E-state index in [9.17, 15) is 27.6 Å². The number of nitrogens with zero attached hydrogens (tertiary/aromatic N) is 1. The number of rotatable bonds is 4. The van der Waals surface area contributed by atoms with Gasteiger partial charge in [-0.25, -0.2) is 9.59 Å². The average molecular weight is 507 g/mol. The number of amides is 2. The van der Waals surface area contributed by atoms with Crippen molar-refractivity contribution in [2.24, 2.45) is 0 Å². The molecule has 0 unspecified atom stereocenters. The summed E-state index contributed by atoms with van der Waals surface area (Å²) in [6, 6.07) is 12.3. The van der Waals surface area contributed by atoms with Gasteiger partial charge in [0, 0.05) is 18.8 Å². The summed E-state index contributed by atoms with van der Waals surface area (Å²) in [7, 11) is 1.26. The number of carbonyl (C=O) groups excluding carboxylic acids is 3. The molecule has 1 N–H and O–H groups in total. The lowest BCUT2D eigenvalue weighted by atomic mass is 9.88. The van der Waals surface area contributed by atoms with Crippen molar-refractivity contribution in [3.05, 3.63) is 53.6 Å². The van der Waals surface area contributed by atoms with E-state index in [-0.39, 0.29) is 24.6 Å². The fourth-order valence-corrected chi connectivity index (χ4v) is 4.07. The molecule has 1 heterocycles. The van der Waals surface area contributed by atoms with E-state index in [0.29, 0.717) is 24.1 Å². The molecule has 1 aliphatic rings. The molecule has 2 aromatic rings. The Balaban J connectivity index is 1.77. The van der Waals surface area contributed by atoms with Crippen molar-refractivity contribution in [1.29, 1.82) is 0 Å². The first-order valence-electron chi connectivity index (χ1n) is 11.5. The van der Waals surface area contributed by atoms with Gasteiger partial charge in [-0.15, -0.1) is 0 Å². The number of anilines is 1. The molecule has 7 nitrogen and oxygen atoms in total. The number of ether oxygens (including phenoxy) is 2. The van der Waals surface area contributed by atoms with Gasteiger partial charge in [-0.2, -0.15) is 13.2 Å². The number of carbonyl (C=O) groups is 3. The van der Waals surface area contributed by atoms with Crippen molar-refractivity contribution in [1.82, 2.24) is 4.90 Å². The summed E-state index contributed by atoms with van der Waals surface area (Å²) < 4.78 is 48.2. The molecule has 1 saturated heterocycles. The Morgan fingerprint density at radius 2 is 1.56 bits per heavy atom. The lowest BCUT2D eigenvalue weighted by Gasteiger charge is -2.32. The molecule has 0 bridgehead atoms. The first-order chi connectivity index (χ1) is 16.8. The summed E-state index contributed by atoms with van der Waals surface area (Å²) in [5, 5.41) is 2.63. The second-order valence-electron chi connectivity index (χ2n) is 9.60. The molecule has 10 heteroatoms. The van der Waals surface area contributed by atoms with Gasteiger partial charge >= 0.3 is 24.1 Å². The van der Waals surface area contributed by atoms with Crippen LogP contribution in [0.1, 0.15) is 55.5 Å². The number of halogens is 3. The number of piperidine rings is 1. The molecule has 0 aliphatic carbocycles. The average Bonchev–Trinajstić information content (AvgIpc) is 2.81. The second kappa shape index (κ2) is 10.6. The van der Waals surface area contributed by atoms with Crippen molar-refractivity contribution in [2.45, 2.75) is 51.3 Å². The molecule has 36 heavy (non-hydrogen) atoms. The predicted octanol–water partition coefficient (Wildman–Crippen LogP) is 5.76. The Kier molecular flexibility index (Phi) is 7.96. The van der Waals surface area contributed by atoms with Crippen molar-refractivity contribution >= 4 is 23.7 Å². The Morgan fingerprint density at radius 3 is 2.08 bits per heavy atom. The van der Waals surface area contributed by atoms with Gasteiger partial charge in [0.1, 0.15) is 5.60 Å². The third kappa shape index (κ3) is 6.99. The summed E-state index contributed by atoms with van der Waals surface area (Å²) in [6.07, 6.45) is -4.66. The van der Waals surface area contributed by atoms with Gasteiger partial charge in [0.15, 0.2) is 0 Å². The van der Waals surface area contributed by atoms with Crippen LogP contribution in [0.5, 0.6) is 0 Å². The molecule has 0 saturated carbocycles. The van der Waals surface area contributed by atoms with Crippen LogP contribution >= 0.6 is 0 Å². The van der Waals surface area contributed by atoms with E-state index in [1.54, 1.807) is 32.9 Å². The number of hydrogen-bond donors (Lipinski definition) is 1. The first-order valence-corrected chi connectivity index (χ1v) is 11.5. The first kappa shape index (κ1) is 27.0. The van der Waals surface area contributed by atoms with Crippen molar-refractivity contribution < 1.29 is 37.0 Å². The van der Waals surface area contributed by atoms with Crippen LogP contribution in [0.25, 0.3) is 11.1 Å². The van der Waals surface area contributed by atoms with Gasteiger partial charge in [-0.1, -0.05) is 24.3 Å². The highest BCUT2D eigenvalue weighted by molar-refractivity contribution is 5.95. The molecule has 0 aromatic heterocycles. The van der Waals surface area contributed by atoms with Gasteiger partial charge in [-0.3, -0.25) is 10.1 Å². The predicted molar refractivity (Wildman–Crippen MR) is 128 cm³/mol. The van der Waals surface area contributed by atoms with Crippen LogP contribution in [0.2, 0.25) is 0 Å². The van der Waals surface area contributed by atoms with Crippen LogP contribution in [-0.4, -0.2) is 54.8 Å². The third-order valence-corrected chi connectivity index (χ3v) is 5.74. The zero-order chi connectivity index (χ0) is 26.7. The van der Waals surface area contributed by atoms with Crippen LogP contribution in [-0.2, 0) is 14.3 Å². The minimum absolute atomic E-state index is 0.0298. The topological polar surface area (TPSA) is 84.9 Å². The molecule has 1 fully saturated rings. The molecule has 0 radical (unpaired) electrons. The lowest BCUT2D eigenvalue weighted by Crippen LogP contribution is -2.45. The molecule has 2 aromatic carbocycles. The Morgan fingerprint density at radius 1 is 0.944 bits per heavy atom. The molecule has 194 valence electrons. The zero-order valence-corrected chi connectivity index (χ0v) is 20.6. The summed E-state index contributed by atoms with van der Waals surface area (Å²) in [4.78, 5) is 36.7. The summed E-state index contributed by atoms with van der Waals surface area (Å²) in [5.41, 5.74) is 2.27. The SMILES string of the molecule is COC(=O)c1cc(NC(=O)OC(C)(C)C)cc(-c2ccc(C3CCN(C(=O)C(F)(F)F)CC3)cc2)c1. The summed E-state index contributed by atoms with van der Waals surface area (Å²) >= 11 is 0. The van der Waals surface area contributed by atoms with Gasteiger partial charge in [0.25, 0.3) is 0 Å². The van der Waals surface area contributed by atoms with Crippen molar-refractivity contribution in [3.63, 3.8) is 0 Å². The number of esters is 1. The highest BCUT2D eigenvalue weighted by Gasteiger charge is 2.43. The fraction of sp³-hybridized carbons (Fsp3) is 0.423. The maximum absolute atomic E-state index is 12.7. The van der Waals surface area contributed by atoms with Gasteiger partial charge < -0.3 is 14.4 Å². The van der Waals surface area contributed by atoms with Crippen LogP contribution in [0.15, 0.2) is 42.5 Å². The number of likely N-dealkylation sites (tertiary alicyclic amines) is 1. The van der Waals surface area contributed by atoms with Crippen LogP contribution in [0, 0.1) is 0 Å². The summed E-state index contributed by atoms with van der Waals surface area (Å²) in [5.74, 6) is -2.33. The van der Waals surface area contributed by atoms with Crippen LogP contribution in [0.3, 0.4) is 0 Å². The lowest BCUT2D eigenvalue weighted by molar-refractivity contribution is -0.186. The Bertz CT molecular complexity index is 1120. The number of methoxy groups -OCH3 is 1. The normalized spacial score (nSPS) is 14.8. The fourth-order valence-electron chi connectivity index (χ4n) is 4.07. The number of nitrogens with one attached hydrogen (secondary N) is 1. The zero-order valence-electron chi connectivity index (χ0n) is 20.6. The highest BCUT2D eigenvalue weighted by Crippen LogP contribution is 2.32. The summed E-state index contributed by atoms with van der Waals surface area (Å²) in [6.45, 7) is 5.31. The molecule has 1 aliphatic heterocycles. The smallest absolute Gasteiger partial charge is 0.465 e. The minimum atomic E-state index is -4.86. The van der Waals surface area contributed by atoms with Crippen LogP contribution < -0.4 is 5.32 Å². The van der Waals surface area contributed by atoms with Gasteiger partial charge in [-0.05, 0) is 74.4 Å². The monoisotopic (exact) mass is 506 g/mol. The molecule has 0 atom stereocenters. The van der Waals surface area contributed by atoms with Gasteiger partial charge in [0.05, 0.1) is 12.7 Å². The second-order valence-corrected chi connectivity index (χ2v) is 9.60. The standard InChI is InChI=1S/C26H29F3N2O5/c1-25(2,3)36-24(34)30-21-14-19(13-20(15-21)22(32)35-4)17-7-5-16(6-8-17)18-9-11-31(12-10-18)23(33)26(27,28)29/h5-8,13-15,18H,9-12H2,1-4H3,(H,30,34). The van der Waals surface area contributed by atoms with Crippen molar-refractivity contribution in [2.75, 3.05) is 25.5 Å².